The lowest BCUT2D eigenvalue weighted by Crippen LogP contribution is -2.45. The topological polar surface area (TPSA) is 55.1 Å². The van der Waals surface area contributed by atoms with E-state index in [2.05, 4.69) is 19.2 Å². The average molecular weight is 224 g/mol. The van der Waals surface area contributed by atoms with Gasteiger partial charge in [0.05, 0.1) is 0 Å². The van der Waals surface area contributed by atoms with Gasteiger partial charge in [0.2, 0.25) is 5.91 Å². The van der Waals surface area contributed by atoms with E-state index >= 15 is 0 Å². The van der Waals surface area contributed by atoms with Crippen LogP contribution in [0.5, 0.6) is 0 Å². The number of nitrogens with one attached hydrogen (secondary N) is 1. The molecule has 0 aromatic rings. The highest BCUT2D eigenvalue weighted by molar-refractivity contribution is 5.82. The van der Waals surface area contributed by atoms with Crippen LogP contribution >= 0.6 is 0 Å². The van der Waals surface area contributed by atoms with E-state index < -0.39 is 0 Å². The zero-order valence-corrected chi connectivity index (χ0v) is 10.5. The van der Waals surface area contributed by atoms with Crippen LogP contribution in [0, 0.1) is 17.3 Å². The summed E-state index contributed by atoms with van der Waals surface area (Å²) in [5, 5.41) is 3.16. The Morgan fingerprint density at radius 1 is 1.44 bits per heavy atom. The Morgan fingerprint density at radius 2 is 2.00 bits per heavy atom. The fraction of sp³-hybridized carbons (Fsp3) is 0.923. The molecule has 92 valence electrons. The molecule has 0 aliphatic heterocycles. The molecule has 0 aromatic carbocycles. The van der Waals surface area contributed by atoms with Crippen LogP contribution in [0.2, 0.25) is 0 Å². The maximum absolute atomic E-state index is 12.0. The van der Waals surface area contributed by atoms with Crippen molar-refractivity contribution in [3.05, 3.63) is 0 Å². The molecule has 2 atom stereocenters. The fourth-order valence-electron chi connectivity index (χ4n) is 2.93. The van der Waals surface area contributed by atoms with Crippen molar-refractivity contribution < 1.29 is 4.79 Å². The van der Waals surface area contributed by atoms with Gasteiger partial charge in [-0.1, -0.05) is 26.7 Å². The first-order valence-corrected chi connectivity index (χ1v) is 6.55. The molecule has 2 aliphatic rings. The lowest BCUT2D eigenvalue weighted by molar-refractivity contribution is -0.124. The zero-order valence-electron chi connectivity index (χ0n) is 10.5. The third-order valence-corrected chi connectivity index (χ3v) is 4.38. The van der Waals surface area contributed by atoms with Gasteiger partial charge in [0, 0.05) is 18.5 Å². The van der Waals surface area contributed by atoms with Gasteiger partial charge in [0.1, 0.15) is 0 Å². The molecular formula is C13H24N2O. The van der Waals surface area contributed by atoms with Crippen molar-refractivity contribution in [2.24, 2.45) is 23.0 Å². The second-order valence-corrected chi connectivity index (χ2v) is 6.14. The van der Waals surface area contributed by atoms with Crippen molar-refractivity contribution >= 4 is 5.91 Å². The van der Waals surface area contributed by atoms with Crippen LogP contribution in [0.3, 0.4) is 0 Å². The van der Waals surface area contributed by atoms with Gasteiger partial charge >= 0.3 is 0 Å². The molecule has 1 amide bonds. The van der Waals surface area contributed by atoms with Gasteiger partial charge in [-0.2, -0.15) is 0 Å². The van der Waals surface area contributed by atoms with Crippen LogP contribution in [-0.4, -0.2) is 18.5 Å². The summed E-state index contributed by atoms with van der Waals surface area (Å²) in [6.45, 7) is 4.90. The monoisotopic (exact) mass is 224 g/mol. The van der Waals surface area contributed by atoms with Crippen LogP contribution in [0.4, 0.5) is 0 Å². The highest BCUT2D eigenvalue weighted by Gasteiger charge is 2.50. The number of hydrogen-bond donors (Lipinski definition) is 2. The van der Waals surface area contributed by atoms with E-state index in [0.29, 0.717) is 12.5 Å². The quantitative estimate of drug-likeness (QED) is 0.763. The van der Waals surface area contributed by atoms with Gasteiger partial charge in [-0.05, 0) is 30.6 Å². The minimum absolute atomic E-state index is 0.214. The molecule has 2 fully saturated rings. The summed E-state index contributed by atoms with van der Waals surface area (Å²) in [5.41, 5.74) is 6.00. The first kappa shape index (κ1) is 11.9. The number of rotatable bonds is 4. The zero-order chi connectivity index (χ0) is 11.8. The van der Waals surface area contributed by atoms with Gasteiger partial charge in [-0.3, -0.25) is 4.79 Å². The predicted octanol–water partition coefficient (Wildman–Crippen LogP) is 1.67. The SMILES string of the molecule is CC1(C)CC1C(=O)NC(CN)C1CCCC1. The van der Waals surface area contributed by atoms with Gasteiger partial charge < -0.3 is 11.1 Å². The molecule has 3 heteroatoms. The van der Waals surface area contributed by atoms with Crippen LogP contribution in [0.15, 0.2) is 0 Å². The van der Waals surface area contributed by atoms with Crippen molar-refractivity contribution in [3.8, 4) is 0 Å². The number of nitrogens with two attached hydrogens (primary N) is 1. The lowest BCUT2D eigenvalue weighted by atomic mass is 9.97. The Kier molecular flexibility index (Phi) is 3.24. The van der Waals surface area contributed by atoms with Crippen LogP contribution < -0.4 is 11.1 Å². The predicted molar refractivity (Wildman–Crippen MR) is 64.8 cm³/mol. The summed E-state index contributed by atoms with van der Waals surface area (Å²) >= 11 is 0. The van der Waals surface area contributed by atoms with E-state index in [-0.39, 0.29) is 23.3 Å². The molecule has 2 aliphatic carbocycles. The molecule has 0 heterocycles. The van der Waals surface area contributed by atoms with Gasteiger partial charge in [-0.25, -0.2) is 0 Å². The Labute approximate surface area is 98.2 Å². The van der Waals surface area contributed by atoms with E-state index in [1.807, 2.05) is 0 Å². The van der Waals surface area contributed by atoms with Crippen LogP contribution in [0.25, 0.3) is 0 Å². The van der Waals surface area contributed by atoms with Crippen molar-refractivity contribution in [2.75, 3.05) is 6.54 Å². The normalized spacial score (nSPS) is 30.1. The summed E-state index contributed by atoms with van der Waals surface area (Å²) in [6, 6.07) is 0.214. The van der Waals surface area contributed by atoms with Crippen molar-refractivity contribution in [2.45, 2.75) is 52.0 Å². The second-order valence-electron chi connectivity index (χ2n) is 6.14. The van der Waals surface area contributed by atoms with Gasteiger partial charge in [-0.15, -0.1) is 0 Å². The van der Waals surface area contributed by atoms with E-state index in [4.69, 9.17) is 5.73 Å². The first-order chi connectivity index (χ1) is 7.54. The third kappa shape index (κ3) is 2.40. The fourth-order valence-corrected chi connectivity index (χ4v) is 2.93. The number of hydrogen-bond acceptors (Lipinski definition) is 2. The summed E-state index contributed by atoms with van der Waals surface area (Å²) in [7, 11) is 0. The molecule has 0 aromatic heterocycles. The minimum atomic E-state index is 0.214. The molecule has 3 N–H and O–H groups in total. The van der Waals surface area contributed by atoms with Crippen molar-refractivity contribution in [3.63, 3.8) is 0 Å². The van der Waals surface area contributed by atoms with Gasteiger partial charge in [0.15, 0.2) is 0 Å². The Hall–Kier alpha value is -0.570. The molecule has 2 rings (SSSR count). The third-order valence-electron chi connectivity index (χ3n) is 4.38. The van der Waals surface area contributed by atoms with Gasteiger partial charge in [0.25, 0.3) is 0 Å². The Morgan fingerprint density at radius 3 is 2.44 bits per heavy atom. The van der Waals surface area contributed by atoms with Crippen LogP contribution in [-0.2, 0) is 4.79 Å². The summed E-state index contributed by atoms with van der Waals surface area (Å²) in [5.74, 6) is 1.08. The average Bonchev–Trinajstić information content (AvgIpc) is 2.71. The first-order valence-electron chi connectivity index (χ1n) is 6.55. The highest BCUT2D eigenvalue weighted by Crippen LogP contribution is 2.51. The number of amides is 1. The lowest BCUT2D eigenvalue weighted by Gasteiger charge is -2.23. The molecule has 0 saturated heterocycles. The molecule has 0 bridgehead atoms. The van der Waals surface area contributed by atoms with Crippen LogP contribution in [0.1, 0.15) is 46.0 Å². The molecule has 16 heavy (non-hydrogen) atoms. The number of carbonyl (C=O) groups is 1. The number of carbonyl (C=O) groups excluding carboxylic acids is 1. The molecule has 2 unspecified atom stereocenters. The molecule has 0 spiro atoms. The van der Waals surface area contributed by atoms with E-state index in [0.717, 1.165) is 6.42 Å². The maximum Gasteiger partial charge on any atom is 0.223 e. The summed E-state index contributed by atoms with van der Waals surface area (Å²) < 4.78 is 0. The maximum atomic E-state index is 12.0. The largest absolute Gasteiger partial charge is 0.352 e. The van der Waals surface area contributed by atoms with Crippen molar-refractivity contribution in [1.82, 2.24) is 5.32 Å². The van der Waals surface area contributed by atoms with E-state index in [1.54, 1.807) is 0 Å². The standard InChI is InChI=1S/C13H24N2O/c1-13(2)7-10(13)12(16)15-11(8-14)9-5-3-4-6-9/h9-11H,3-8,14H2,1-2H3,(H,15,16). The highest BCUT2D eigenvalue weighted by atomic mass is 16.2. The van der Waals surface area contributed by atoms with E-state index in [1.165, 1.54) is 25.7 Å². The molecule has 0 radical (unpaired) electrons. The Balaban J connectivity index is 1.84. The summed E-state index contributed by atoms with van der Waals surface area (Å²) in [6.07, 6.45) is 6.09. The van der Waals surface area contributed by atoms with Crippen molar-refractivity contribution in [1.29, 1.82) is 0 Å². The van der Waals surface area contributed by atoms with E-state index in [9.17, 15) is 4.79 Å². The second kappa shape index (κ2) is 4.36. The minimum Gasteiger partial charge on any atom is -0.352 e. The smallest absolute Gasteiger partial charge is 0.223 e. The molecule has 3 nitrogen and oxygen atoms in total. The Bertz CT molecular complexity index is 269. The summed E-state index contributed by atoms with van der Waals surface area (Å²) in [4.78, 5) is 12.0. The molecule has 2 saturated carbocycles. The molecular weight excluding hydrogens is 200 g/mol.